The van der Waals surface area contributed by atoms with Crippen LogP contribution in [0.3, 0.4) is 0 Å². The number of amides is 2. The molecule has 2 amide bonds. The van der Waals surface area contributed by atoms with Crippen molar-refractivity contribution >= 4 is 29.3 Å². The number of aliphatic imine (C=N–C) groups is 1. The third kappa shape index (κ3) is 1.78. The second kappa shape index (κ2) is 3.73. The van der Waals surface area contributed by atoms with Gasteiger partial charge in [-0.15, -0.1) is 11.3 Å². The molecule has 0 saturated carbocycles. The smallest absolute Gasteiger partial charge is 0.314 e. The molecule has 0 bridgehead atoms. The fourth-order valence-electron chi connectivity index (χ4n) is 2.34. The number of anilines is 1. The first-order chi connectivity index (χ1) is 8.19. The highest BCUT2D eigenvalue weighted by Crippen LogP contribution is 2.34. The van der Waals surface area contributed by atoms with Crippen molar-refractivity contribution < 1.29 is 4.79 Å². The topological polar surface area (TPSA) is 70.7 Å². The van der Waals surface area contributed by atoms with Gasteiger partial charge in [0.25, 0.3) is 0 Å². The van der Waals surface area contributed by atoms with Crippen molar-refractivity contribution in [1.82, 2.24) is 4.90 Å². The SMILES string of the molecule is NC(=O)N1CCC2(CC1)N=Cc1sccc1N2. The molecule has 90 valence electrons. The fourth-order valence-corrected chi connectivity index (χ4v) is 3.05. The Morgan fingerprint density at radius 1 is 1.53 bits per heavy atom. The van der Waals surface area contributed by atoms with Gasteiger partial charge in [-0.2, -0.15) is 0 Å². The van der Waals surface area contributed by atoms with Gasteiger partial charge in [-0.1, -0.05) is 0 Å². The Morgan fingerprint density at radius 3 is 3.00 bits per heavy atom. The zero-order valence-corrected chi connectivity index (χ0v) is 10.2. The molecule has 1 aromatic rings. The summed E-state index contributed by atoms with van der Waals surface area (Å²) in [6, 6.07) is 1.74. The van der Waals surface area contributed by atoms with E-state index in [1.807, 2.05) is 6.21 Å². The molecule has 0 atom stereocenters. The van der Waals surface area contributed by atoms with Crippen molar-refractivity contribution in [3.63, 3.8) is 0 Å². The summed E-state index contributed by atoms with van der Waals surface area (Å²) in [5.41, 5.74) is 6.19. The average molecular weight is 250 g/mol. The van der Waals surface area contributed by atoms with Crippen LogP contribution in [-0.4, -0.2) is 35.9 Å². The van der Waals surface area contributed by atoms with Gasteiger partial charge in [-0.25, -0.2) is 4.79 Å². The quantitative estimate of drug-likeness (QED) is 0.732. The molecule has 0 radical (unpaired) electrons. The second-order valence-corrected chi connectivity index (χ2v) is 5.39. The second-order valence-electron chi connectivity index (χ2n) is 4.44. The van der Waals surface area contributed by atoms with Crippen LogP contribution in [-0.2, 0) is 0 Å². The minimum absolute atomic E-state index is 0.236. The molecule has 0 aliphatic carbocycles. The molecule has 1 saturated heterocycles. The summed E-state index contributed by atoms with van der Waals surface area (Å²) in [6.45, 7) is 1.33. The van der Waals surface area contributed by atoms with Crippen LogP contribution in [0, 0.1) is 0 Å². The molecule has 2 aliphatic heterocycles. The Balaban J connectivity index is 1.76. The van der Waals surface area contributed by atoms with E-state index in [2.05, 4.69) is 21.8 Å². The Bertz CT molecular complexity index is 474. The summed E-state index contributed by atoms with van der Waals surface area (Å²) in [5, 5.41) is 5.54. The largest absolute Gasteiger partial charge is 0.360 e. The van der Waals surface area contributed by atoms with Crippen molar-refractivity contribution in [2.75, 3.05) is 18.4 Å². The van der Waals surface area contributed by atoms with Crippen LogP contribution in [0.4, 0.5) is 10.5 Å². The maximum atomic E-state index is 11.1. The normalized spacial score (nSPS) is 21.1. The van der Waals surface area contributed by atoms with Crippen LogP contribution in [0.25, 0.3) is 0 Å². The monoisotopic (exact) mass is 250 g/mol. The highest BCUT2D eigenvalue weighted by molar-refractivity contribution is 7.12. The lowest BCUT2D eigenvalue weighted by Gasteiger charge is -2.41. The molecule has 0 aromatic carbocycles. The highest BCUT2D eigenvalue weighted by atomic mass is 32.1. The van der Waals surface area contributed by atoms with Crippen molar-refractivity contribution in [1.29, 1.82) is 0 Å². The Labute approximate surface area is 103 Å². The van der Waals surface area contributed by atoms with E-state index in [9.17, 15) is 4.79 Å². The number of carbonyl (C=O) groups is 1. The predicted octanol–water partition coefficient (Wildman–Crippen LogP) is 1.46. The number of piperidine rings is 1. The number of nitrogens with two attached hydrogens (primary N) is 1. The van der Waals surface area contributed by atoms with E-state index in [1.54, 1.807) is 16.2 Å². The molecular weight excluding hydrogens is 236 g/mol. The summed E-state index contributed by atoms with van der Waals surface area (Å²) >= 11 is 1.68. The van der Waals surface area contributed by atoms with Crippen molar-refractivity contribution in [2.45, 2.75) is 18.5 Å². The third-order valence-corrected chi connectivity index (χ3v) is 4.25. The number of primary amides is 1. The predicted molar refractivity (Wildman–Crippen MR) is 68.7 cm³/mol. The third-order valence-electron chi connectivity index (χ3n) is 3.39. The van der Waals surface area contributed by atoms with Crippen LogP contribution in [0.1, 0.15) is 17.7 Å². The number of hydrogen-bond donors (Lipinski definition) is 2. The molecular formula is C11H14N4OS. The van der Waals surface area contributed by atoms with Crippen LogP contribution in [0.15, 0.2) is 16.4 Å². The van der Waals surface area contributed by atoms with Crippen LogP contribution in [0.5, 0.6) is 0 Å². The molecule has 0 unspecified atom stereocenters. The first kappa shape index (κ1) is 10.6. The molecule has 1 spiro atoms. The lowest BCUT2D eigenvalue weighted by atomic mass is 9.96. The number of rotatable bonds is 0. The summed E-state index contributed by atoms with van der Waals surface area (Å²) in [5.74, 6) is 0. The minimum Gasteiger partial charge on any atom is -0.360 e. The van der Waals surface area contributed by atoms with E-state index in [-0.39, 0.29) is 11.7 Å². The van der Waals surface area contributed by atoms with E-state index in [0.29, 0.717) is 13.1 Å². The zero-order valence-electron chi connectivity index (χ0n) is 9.35. The minimum atomic E-state index is -0.337. The van der Waals surface area contributed by atoms with Gasteiger partial charge < -0.3 is 16.0 Å². The molecule has 1 fully saturated rings. The van der Waals surface area contributed by atoms with E-state index in [4.69, 9.17) is 5.73 Å². The van der Waals surface area contributed by atoms with Crippen molar-refractivity contribution in [3.8, 4) is 0 Å². The molecule has 17 heavy (non-hydrogen) atoms. The highest BCUT2D eigenvalue weighted by Gasteiger charge is 2.36. The maximum Gasteiger partial charge on any atom is 0.314 e. The standard InChI is InChI=1S/C11H14N4OS/c12-10(16)15-4-2-11(3-5-15)13-7-9-8(14-11)1-6-17-9/h1,6-7,14H,2-5H2,(H2,12,16). The van der Waals surface area contributed by atoms with Gasteiger partial charge in [0.05, 0.1) is 10.6 Å². The fraction of sp³-hybridized carbons (Fsp3) is 0.455. The Hall–Kier alpha value is -1.56. The summed E-state index contributed by atoms with van der Waals surface area (Å²) < 4.78 is 0. The first-order valence-electron chi connectivity index (χ1n) is 5.64. The van der Waals surface area contributed by atoms with Gasteiger partial charge >= 0.3 is 6.03 Å². The van der Waals surface area contributed by atoms with E-state index in [1.165, 1.54) is 4.88 Å². The van der Waals surface area contributed by atoms with Gasteiger partial charge in [-0.05, 0) is 11.4 Å². The number of thiophene rings is 1. The Morgan fingerprint density at radius 2 is 2.29 bits per heavy atom. The van der Waals surface area contributed by atoms with E-state index >= 15 is 0 Å². The molecule has 3 rings (SSSR count). The van der Waals surface area contributed by atoms with E-state index < -0.39 is 0 Å². The number of likely N-dealkylation sites (tertiary alicyclic amines) is 1. The first-order valence-corrected chi connectivity index (χ1v) is 6.52. The summed E-state index contributed by atoms with van der Waals surface area (Å²) in [4.78, 5) is 18.5. The number of nitrogens with zero attached hydrogens (tertiary/aromatic N) is 2. The summed E-state index contributed by atoms with van der Waals surface area (Å²) in [7, 11) is 0. The molecule has 3 heterocycles. The molecule has 5 nitrogen and oxygen atoms in total. The number of hydrogen-bond acceptors (Lipinski definition) is 4. The van der Waals surface area contributed by atoms with Crippen molar-refractivity contribution in [2.24, 2.45) is 10.7 Å². The van der Waals surface area contributed by atoms with Gasteiger partial charge in [0.15, 0.2) is 0 Å². The number of fused-ring (bicyclic) bond motifs is 1. The van der Waals surface area contributed by atoms with Gasteiger partial charge in [-0.3, -0.25) is 4.99 Å². The number of carbonyl (C=O) groups excluding carboxylic acids is 1. The van der Waals surface area contributed by atoms with Crippen LogP contribution in [0.2, 0.25) is 0 Å². The van der Waals surface area contributed by atoms with Crippen molar-refractivity contribution in [3.05, 3.63) is 16.3 Å². The molecule has 1 aromatic heterocycles. The maximum absolute atomic E-state index is 11.1. The average Bonchev–Trinajstić information content (AvgIpc) is 2.76. The molecule has 6 heteroatoms. The lowest BCUT2D eigenvalue weighted by molar-refractivity contribution is 0.175. The summed E-state index contributed by atoms with van der Waals surface area (Å²) in [6.07, 6.45) is 3.56. The lowest BCUT2D eigenvalue weighted by Crippen LogP contribution is -2.51. The van der Waals surface area contributed by atoms with Crippen LogP contribution < -0.4 is 11.1 Å². The van der Waals surface area contributed by atoms with Gasteiger partial charge in [0.2, 0.25) is 0 Å². The molecule has 2 aliphatic rings. The number of nitrogens with one attached hydrogen (secondary N) is 1. The number of urea groups is 1. The van der Waals surface area contributed by atoms with Gasteiger partial charge in [0.1, 0.15) is 5.66 Å². The Kier molecular flexibility index (Phi) is 2.32. The molecule has 3 N–H and O–H groups in total. The van der Waals surface area contributed by atoms with E-state index in [0.717, 1.165) is 18.5 Å². The zero-order chi connectivity index (χ0) is 11.9. The van der Waals surface area contributed by atoms with Crippen LogP contribution >= 0.6 is 11.3 Å². The van der Waals surface area contributed by atoms with Gasteiger partial charge in [0, 0.05) is 32.1 Å².